The molecule has 0 spiro atoms. The van der Waals surface area contributed by atoms with E-state index in [0.29, 0.717) is 34.6 Å². The largest absolute Gasteiger partial charge is 0.495 e. The fraction of sp³-hybridized carbons (Fsp3) is 0.306. The third-order valence-corrected chi connectivity index (χ3v) is 12.4. The first-order chi connectivity index (χ1) is 24.5. The average Bonchev–Trinajstić information content (AvgIpc) is 3.72. The van der Waals surface area contributed by atoms with Crippen molar-refractivity contribution in [1.29, 1.82) is 0 Å². The van der Waals surface area contributed by atoms with Gasteiger partial charge in [-0.3, -0.25) is 9.36 Å². The van der Waals surface area contributed by atoms with Crippen LogP contribution in [0.1, 0.15) is 44.0 Å². The molecule has 0 bridgehead atoms. The third kappa shape index (κ3) is 8.31. The summed E-state index contributed by atoms with van der Waals surface area (Å²) in [5, 5.41) is 10.5. The van der Waals surface area contributed by atoms with Crippen molar-refractivity contribution in [1.82, 2.24) is 18.4 Å². The lowest BCUT2D eigenvalue weighted by atomic mass is 9.81. The van der Waals surface area contributed by atoms with Gasteiger partial charge in [0, 0.05) is 34.0 Å². The fourth-order valence-electron chi connectivity index (χ4n) is 5.74. The van der Waals surface area contributed by atoms with Crippen molar-refractivity contribution in [3.63, 3.8) is 0 Å². The summed E-state index contributed by atoms with van der Waals surface area (Å²) >= 11 is 14.0. The molecule has 0 aliphatic carbocycles. The maximum atomic E-state index is 15.8. The Kier molecular flexibility index (Phi) is 12.1. The zero-order valence-corrected chi connectivity index (χ0v) is 32.2. The summed E-state index contributed by atoms with van der Waals surface area (Å²) in [5.41, 5.74) is 1.56. The van der Waals surface area contributed by atoms with E-state index in [0.717, 1.165) is 39.5 Å². The van der Waals surface area contributed by atoms with Crippen molar-refractivity contribution in [2.75, 3.05) is 13.7 Å². The predicted molar refractivity (Wildman–Crippen MR) is 196 cm³/mol. The van der Waals surface area contributed by atoms with Crippen molar-refractivity contribution in [3.8, 4) is 11.4 Å². The summed E-state index contributed by atoms with van der Waals surface area (Å²) < 4.78 is 69.2. The lowest BCUT2D eigenvalue weighted by Gasteiger charge is -2.28. The minimum absolute atomic E-state index is 0.0285. The molecule has 0 fully saturated rings. The highest BCUT2D eigenvalue weighted by atomic mass is 35.5. The number of carboxylic acid groups (broad SMARTS) is 1. The summed E-state index contributed by atoms with van der Waals surface area (Å²) in [6.45, 7) is 5.56. The van der Waals surface area contributed by atoms with E-state index < -0.39 is 44.0 Å². The van der Waals surface area contributed by atoms with Crippen LogP contribution in [-0.2, 0) is 39.6 Å². The number of rotatable bonds is 15. The summed E-state index contributed by atoms with van der Waals surface area (Å²) in [6.07, 6.45) is 7.46. The number of nitrogens with zero attached hydrogens (tertiary/aromatic N) is 5. The SMILES string of the molecule is COc1cc(C(C)(C)c2cnc(SCc3c(F)cc(S(=O)(=O)N(CCC[n+]4ccn(C)c4)[C@H](C)C(=O)O)cc3Cl)n2-c2ccc(F)cc2)ccc1Cl. The second-order valence-electron chi connectivity index (χ2n) is 12.7. The number of hydrogen-bond donors (Lipinski definition) is 1. The van der Waals surface area contributed by atoms with Crippen LogP contribution in [0.4, 0.5) is 8.78 Å². The number of hydrogen-bond acceptors (Lipinski definition) is 6. The molecule has 2 heterocycles. The molecule has 0 aliphatic heterocycles. The Morgan fingerprint density at radius 3 is 2.44 bits per heavy atom. The van der Waals surface area contributed by atoms with Crippen LogP contribution in [0, 0.1) is 11.6 Å². The molecule has 1 N–H and O–H groups in total. The molecule has 5 aromatic rings. The van der Waals surface area contributed by atoms with Gasteiger partial charge in [0.1, 0.15) is 35.8 Å². The van der Waals surface area contributed by atoms with Gasteiger partial charge in [0.05, 0.1) is 42.5 Å². The topological polar surface area (TPSA) is 111 Å². The quantitative estimate of drug-likeness (QED) is 0.0878. The molecule has 276 valence electrons. The lowest BCUT2D eigenvalue weighted by molar-refractivity contribution is -0.696. The van der Waals surface area contributed by atoms with E-state index in [4.69, 9.17) is 27.9 Å². The average molecular weight is 794 g/mol. The van der Waals surface area contributed by atoms with E-state index in [9.17, 15) is 22.7 Å². The van der Waals surface area contributed by atoms with Gasteiger partial charge < -0.3 is 9.84 Å². The molecule has 2 aromatic heterocycles. The molecule has 0 amide bonds. The number of aliphatic carboxylic acids is 1. The number of thioether (sulfide) groups is 1. The highest BCUT2D eigenvalue weighted by Gasteiger charge is 2.34. The van der Waals surface area contributed by atoms with Crippen LogP contribution in [0.3, 0.4) is 0 Å². The maximum Gasteiger partial charge on any atom is 0.321 e. The number of ether oxygens (including phenoxy) is 1. The van der Waals surface area contributed by atoms with Crippen LogP contribution in [0.5, 0.6) is 5.75 Å². The van der Waals surface area contributed by atoms with Gasteiger partial charge >= 0.3 is 5.97 Å². The number of carboxylic acids is 1. The number of halogens is 4. The van der Waals surface area contributed by atoms with Crippen LogP contribution in [0.15, 0.2) is 89.6 Å². The van der Waals surface area contributed by atoms with Crippen LogP contribution < -0.4 is 9.30 Å². The minimum Gasteiger partial charge on any atom is -0.495 e. The van der Waals surface area contributed by atoms with Crippen LogP contribution in [0.25, 0.3) is 5.69 Å². The Morgan fingerprint density at radius 2 is 1.83 bits per heavy atom. The Labute approximate surface area is 315 Å². The normalized spacial score (nSPS) is 12.7. The van der Waals surface area contributed by atoms with Gasteiger partial charge in [-0.25, -0.2) is 31.3 Å². The van der Waals surface area contributed by atoms with Gasteiger partial charge in [-0.2, -0.15) is 4.31 Å². The van der Waals surface area contributed by atoms with Gasteiger partial charge in [0.15, 0.2) is 5.16 Å². The number of aromatic nitrogens is 4. The number of imidazole rings is 2. The smallest absolute Gasteiger partial charge is 0.321 e. The Bertz CT molecular complexity index is 2170. The Morgan fingerprint density at radius 1 is 1.12 bits per heavy atom. The molecule has 0 saturated heterocycles. The first-order valence-electron chi connectivity index (χ1n) is 16.1. The highest BCUT2D eigenvalue weighted by Crippen LogP contribution is 2.40. The molecular formula is C36H38Cl2F2N5O5S2+. The molecule has 5 rings (SSSR count). The van der Waals surface area contributed by atoms with E-state index in [2.05, 4.69) is 4.98 Å². The van der Waals surface area contributed by atoms with E-state index in [1.807, 2.05) is 65.5 Å². The predicted octanol–water partition coefficient (Wildman–Crippen LogP) is 7.26. The summed E-state index contributed by atoms with van der Waals surface area (Å²) in [7, 11) is -1.10. The molecule has 0 unspecified atom stereocenters. The van der Waals surface area contributed by atoms with E-state index in [1.165, 1.54) is 26.2 Å². The Hall–Kier alpha value is -3.95. The highest BCUT2D eigenvalue weighted by molar-refractivity contribution is 7.98. The monoisotopic (exact) mass is 792 g/mol. The van der Waals surface area contributed by atoms with Crippen molar-refractivity contribution in [2.45, 2.75) is 61.0 Å². The summed E-state index contributed by atoms with van der Waals surface area (Å²) in [6, 6.07) is 11.9. The van der Waals surface area contributed by atoms with E-state index in [-0.39, 0.29) is 22.9 Å². The van der Waals surface area contributed by atoms with Gasteiger partial charge in [0.25, 0.3) is 0 Å². The van der Waals surface area contributed by atoms with Gasteiger partial charge in [0.2, 0.25) is 16.4 Å². The number of methoxy groups -OCH3 is 1. The standard InChI is InChI=1S/C36H37Cl2F2N5O5S2/c1-23(34(46)47)44(14-6-13-43-16-15-42(4)22-43)52(48,49)27-18-30(38)28(31(40)19-27)21-51-35-41-20-33(45(35)26-10-8-25(39)9-11-26)36(2,3)24-7-12-29(37)32(17-24)50-5/h7-12,15-20,22-23H,6,13-14,21H2,1-5H3/p+1/t23-/m1/s1. The maximum absolute atomic E-state index is 15.8. The summed E-state index contributed by atoms with van der Waals surface area (Å²) in [4.78, 5) is 16.1. The Balaban J connectivity index is 1.45. The van der Waals surface area contributed by atoms with Gasteiger partial charge in [-0.05, 0) is 67.4 Å². The molecule has 0 radical (unpaired) electrons. The number of benzene rings is 3. The molecule has 52 heavy (non-hydrogen) atoms. The second-order valence-corrected chi connectivity index (χ2v) is 16.3. The molecule has 10 nitrogen and oxygen atoms in total. The second kappa shape index (κ2) is 16.0. The number of carbonyl (C=O) groups is 1. The summed E-state index contributed by atoms with van der Waals surface area (Å²) in [5.74, 6) is -2.19. The molecule has 0 saturated carbocycles. The zero-order valence-electron chi connectivity index (χ0n) is 29.1. The van der Waals surface area contributed by atoms with Crippen molar-refractivity contribution in [2.24, 2.45) is 7.05 Å². The molecule has 16 heteroatoms. The first-order valence-corrected chi connectivity index (χ1v) is 19.3. The van der Waals surface area contributed by atoms with Crippen LogP contribution in [-0.4, -0.2) is 57.6 Å². The number of aryl methyl sites for hydroxylation is 2. The van der Waals surface area contributed by atoms with Crippen molar-refractivity contribution >= 4 is 51.0 Å². The van der Waals surface area contributed by atoms with Crippen LogP contribution >= 0.6 is 35.0 Å². The number of sulfonamides is 1. The first kappa shape index (κ1) is 39.3. The van der Waals surface area contributed by atoms with E-state index in [1.54, 1.807) is 24.4 Å². The van der Waals surface area contributed by atoms with Crippen molar-refractivity contribution in [3.05, 3.63) is 118 Å². The lowest BCUT2D eigenvalue weighted by Crippen LogP contribution is -2.45. The zero-order chi connectivity index (χ0) is 38.0. The molecular weight excluding hydrogens is 755 g/mol. The third-order valence-electron chi connectivity index (χ3n) is 8.80. The van der Waals surface area contributed by atoms with Gasteiger partial charge in [-0.1, -0.05) is 54.9 Å². The van der Waals surface area contributed by atoms with Gasteiger partial charge in [-0.15, -0.1) is 0 Å². The molecule has 1 atom stereocenters. The van der Waals surface area contributed by atoms with Crippen molar-refractivity contribution < 1.29 is 36.4 Å². The van der Waals surface area contributed by atoms with Crippen LogP contribution in [0.2, 0.25) is 10.0 Å². The molecule has 0 aliphatic rings. The van der Waals surface area contributed by atoms with E-state index >= 15 is 4.39 Å². The minimum atomic E-state index is -4.47. The molecule has 3 aromatic carbocycles. The fourth-order valence-corrected chi connectivity index (χ4v) is 9.05.